The number of halogens is 1. The number of anilines is 1. The van der Waals surface area contributed by atoms with Crippen LogP contribution in [0, 0.1) is 0 Å². The number of methoxy groups -OCH3 is 1. The average Bonchev–Trinajstić information content (AvgIpc) is 3.09. The molecule has 1 aliphatic rings. The molecule has 0 aromatic heterocycles. The van der Waals surface area contributed by atoms with Crippen LogP contribution in [0.4, 0.5) is 5.69 Å². The lowest BCUT2D eigenvalue weighted by Gasteiger charge is -2.26. The summed E-state index contributed by atoms with van der Waals surface area (Å²) in [7, 11) is -2.46. The van der Waals surface area contributed by atoms with Crippen molar-refractivity contribution in [2.45, 2.75) is 10.9 Å². The lowest BCUT2D eigenvalue weighted by molar-refractivity contribution is -0.132. The second kappa shape index (κ2) is 9.05. The van der Waals surface area contributed by atoms with Crippen molar-refractivity contribution in [2.75, 3.05) is 12.0 Å². The molecule has 1 saturated heterocycles. The number of rotatable bonds is 5. The molecular formula is C24H19BrN2O6S. The molecule has 1 aliphatic heterocycles. The van der Waals surface area contributed by atoms with Crippen LogP contribution < -0.4 is 14.8 Å². The molecule has 3 aromatic carbocycles. The summed E-state index contributed by atoms with van der Waals surface area (Å²) in [6.07, 6.45) is 0. The van der Waals surface area contributed by atoms with E-state index in [4.69, 9.17) is 9.88 Å². The number of primary sulfonamides is 1. The third-order valence-electron chi connectivity index (χ3n) is 5.42. The van der Waals surface area contributed by atoms with E-state index in [9.17, 15) is 23.1 Å². The first kappa shape index (κ1) is 23.7. The molecular weight excluding hydrogens is 524 g/mol. The van der Waals surface area contributed by atoms with E-state index in [2.05, 4.69) is 15.9 Å². The molecule has 1 amide bonds. The van der Waals surface area contributed by atoms with Gasteiger partial charge in [-0.3, -0.25) is 14.5 Å². The van der Waals surface area contributed by atoms with Crippen LogP contribution in [0.3, 0.4) is 0 Å². The first-order valence-corrected chi connectivity index (χ1v) is 12.3. The Morgan fingerprint density at radius 1 is 1.03 bits per heavy atom. The number of carbonyl (C=O) groups is 2. The highest BCUT2D eigenvalue weighted by Crippen LogP contribution is 2.43. The van der Waals surface area contributed by atoms with Gasteiger partial charge in [0.2, 0.25) is 10.0 Å². The van der Waals surface area contributed by atoms with E-state index in [1.807, 2.05) is 0 Å². The van der Waals surface area contributed by atoms with Crippen LogP contribution in [0.1, 0.15) is 17.2 Å². The Bertz CT molecular complexity index is 1420. The lowest BCUT2D eigenvalue weighted by atomic mass is 9.95. The number of aliphatic hydroxyl groups excluding tert-OH is 1. The summed E-state index contributed by atoms with van der Waals surface area (Å²) in [5.74, 6) is -1.57. The van der Waals surface area contributed by atoms with Crippen molar-refractivity contribution in [2.24, 2.45) is 5.14 Å². The molecule has 4 rings (SSSR count). The quantitative estimate of drug-likeness (QED) is 0.287. The zero-order valence-electron chi connectivity index (χ0n) is 17.8. The monoisotopic (exact) mass is 542 g/mol. The van der Waals surface area contributed by atoms with Crippen LogP contribution in [-0.2, 0) is 19.6 Å². The Hall–Kier alpha value is -3.47. The van der Waals surface area contributed by atoms with Crippen molar-refractivity contribution in [3.8, 4) is 5.75 Å². The summed E-state index contributed by atoms with van der Waals surface area (Å²) >= 11 is 3.33. The normalized spacial score (nSPS) is 17.7. The van der Waals surface area contributed by atoms with Gasteiger partial charge in [-0.15, -0.1) is 0 Å². The number of amides is 1. The van der Waals surface area contributed by atoms with Crippen molar-refractivity contribution < 1.29 is 27.9 Å². The van der Waals surface area contributed by atoms with E-state index in [1.54, 1.807) is 48.5 Å². The number of carbonyl (C=O) groups excluding carboxylic acids is 2. The van der Waals surface area contributed by atoms with Gasteiger partial charge in [-0.1, -0.05) is 40.2 Å². The number of Topliss-reactive ketones (excluding diaryl/α,β-unsaturated/α-hetero) is 1. The number of hydrogen-bond acceptors (Lipinski definition) is 6. The zero-order chi connectivity index (χ0) is 24.6. The van der Waals surface area contributed by atoms with Gasteiger partial charge in [0.15, 0.2) is 0 Å². The molecule has 0 aliphatic carbocycles. The third kappa shape index (κ3) is 4.35. The number of aliphatic hydroxyl groups is 1. The highest BCUT2D eigenvalue weighted by atomic mass is 79.9. The number of benzene rings is 3. The van der Waals surface area contributed by atoms with Crippen LogP contribution >= 0.6 is 15.9 Å². The van der Waals surface area contributed by atoms with Crippen LogP contribution in [0.15, 0.2) is 87.7 Å². The summed E-state index contributed by atoms with van der Waals surface area (Å²) in [5, 5.41) is 16.3. The molecule has 1 heterocycles. The lowest BCUT2D eigenvalue weighted by Crippen LogP contribution is -2.29. The number of ether oxygens (including phenoxy) is 1. The maximum absolute atomic E-state index is 13.2. The molecule has 174 valence electrons. The molecule has 1 fully saturated rings. The SMILES string of the molecule is COc1cccc(C2/C(=C(\O)c3ccc(Br)cc3)C(=O)C(=O)N2c2ccc(S(N)(=O)=O)cc2)c1. The van der Waals surface area contributed by atoms with Gasteiger partial charge >= 0.3 is 0 Å². The molecule has 1 unspecified atom stereocenters. The van der Waals surface area contributed by atoms with Crippen molar-refractivity contribution in [3.63, 3.8) is 0 Å². The minimum absolute atomic E-state index is 0.101. The topological polar surface area (TPSA) is 127 Å². The van der Waals surface area contributed by atoms with Gasteiger partial charge in [-0.05, 0) is 54.1 Å². The van der Waals surface area contributed by atoms with E-state index in [1.165, 1.54) is 36.3 Å². The van der Waals surface area contributed by atoms with E-state index < -0.39 is 27.8 Å². The van der Waals surface area contributed by atoms with Crippen molar-refractivity contribution >= 4 is 49.1 Å². The number of hydrogen-bond donors (Lipinski definition) is 2. The minimum Gasteiger partial charge on any atom is -0.507 e. The number of ketones is 1. The molecule has 8 nitrogen and oxygen atoms in total. The largest absolute Gasteiger partial charge is 0.507 e. The van der Waals surface area contributed by atoms with E-state index in [-0.39, 0.29) is 21.9 Å². The smallest absolute Gasteiger partial charge is 0.300 e. The molecule has 0 bridgehead atoms. The van der Waals surface area contributed by atoms with Gasteiger partial charge in [0, 0.05) is 15.7 Å². The molecule has 0 saturated carbocycles. The highest BCUT2D eigenvalue weighted by molar-refractivity contribution is 9.10. The summed E-state index contributed by atoms with van der Waals surface area (Å²) in [6, 6.07) is 17.7. The zero-order valence-corrected chi connectivity index (χ0v) is 20.2. The van der Waals surface area contributed by atoms with Gasteiger partial charge in [0.1, 0.15) is 11.5 Å². The molecule has 34 heavy (non-hydrogen) atoms. The van der Waals surface area contributed by atoms with Crippen LogP contribution in [-0.4, -0.2) is 32.3 Å². The Labute approximate surface area is 204 Å². The van der Waals surface area contributed by atoms with Crippen molar-refractivity contribution in [3.05, 3.63) is 94.0 Å². The van der Waals surface area contributed by atoms with E-state index in [0.717, 1.165) is 4.47 Å². The second-order valence-corrected chi connectivity index (χ2v) is 9.97. The third-order valence-corrected chi connectivity index (χ3v) is 6.87. The summed E-state index contributed by atoms with van der Waals surface area (Å²) in [6.45, 7) is 0. The Morgan fingerprint density at radius 2 is 1.68 bits per heavy atom. The summed E-state index contributed by atoms with van der Waals surface area (Å²) in [4.78, 5) is 27.4. The Kier molecular flexibility index (Phi) is 6.30. The van der Waals surface area contributed by atoms with E-state index >= 15 is 0 Å². The van der Waals surface area contributed by atoms with Gasteiger partial charge in [0.25, 0.3) is 11.7 Å². The Balaban J connectivity index is 1.93. The molecule has 10 heteroatoms. The first-order chi connectivity index (χ1) is 16.1. The van der Waals surface area contributed by atoms with Crippen LogP contribution in [0.5, 0.6) is 5.75 Å². The predicted octanol–water partition coefficient (Wildman–Crippen LogP) is 3.73. The first-order valence-electron chi connectivity index (χ1n) is 9.95. The fourth-order valence-corrected chi connectivity index (χ4v) is 4.57. The summed E-state index contributed by atoms with van der Waals surface area (Å²) < 4.78 is 29.4. The van der Waals surface area contributed by atoms with Gasteiger partial charge < -0.3 is 9.84 Å². The van der Waals surface area contributed by atoms with Crippen molar-refractivity contribution in [1.29, 1.82) is 0 Å². The molecule has 3 N–H and O–H groups in total. The Morgan fingerprint density at radius 3 is 2.26 bits per heavy atom. The number of nitrogens with zero attached hydrogens (tertiary/aromatic N) is 1. The molecule has 3 aromatic rings. The minimum atomic E-state index is -3.95. The van der Waals surface area contributed by atoms with Crippen molar-refractivity contribution in [1.82, 2.24) is 0 Å². The van der Waals surface area contributed by atoms with Crippen LogP contribution in [0.25, 0.3) is 5.76 Å². The van der Waals surface area contributed by atoms with E-state index in [0.29, 0.717) is 16.9 Å². The molecule has 1 atom stereocenters. The average molecular weight is 543 g/mol. The number of nitrogens with two attached hydrogens (primary N) is 1. The fraction of sp³-hybridized carbons (Fsp3) is 0.0833. The molecule has 0 radical (unpaired) electrons. The van der Waals surface area contributed by atoms with Gasteiger partial charge in [-0.25, -0.2) is 13.6 Å². The highest BCUT2D eigenvalue weighted by Gasteiger charge is 2.47. The molecule has 0 spiro atoms. The maximum atomic E-state index is 13.2. The standard InChI is InChI=1S/C24H19BrN2O6S/c1-33-18-4-2-3-15(13-18)21-20(22(28)14-5-7-16(25)8-6-14)23(29)24(30)27(21)17-9-11-19(12-10-17)34(26,31)32/h2-13,21,28H,1H3,(H2,26,31,32)/b22-20+. The van der Waals surface area contributed by atoms with Crippen LogP contribution in [0.2, 0.25) is 0 Å². The second-order valence-electron chi connectivity index (χ2n) is 7.49. The fourth-order valence-electron chi connectivity index (χ4n) is 3.79. The van der Waals surface area contributed by atoms with Gasteiger partial charge in [-0.2, -0.15) is 0 Å². The predicted molar refractivity (Wildman–Crippen MR) is 130 cm³/mol. The number of sulfonamides is 1. The summed E-state index contributed by atoms with van der Waals surface area (Å²) in [5.41, 5.74) is 1.04. The maximum Gasteiger partial charge on any atom is 0.300 e. The van der Waals surface area contributed by atoms with Gasteiger partial charge in [0.05, 0.1) is 23.6 Å².